The van der Waals surface area contributed by atoms with E-state index < -0.39 is 0 Å². The highest BCUT2D eigenvalue weighted by atomic mass is 32.2. The van der Waals surface area contributed by atoms with Gasteiger partial charge in [0.1, 0.15) is 17.4 Å². The van der Waals surface area contributed by atoms with Gasteiger partial charge < -0.3 is 4.42 Å². The maximum atomic E-state index is 13.1. The number of halogens is 1. The molecule has 4 nitrogen and oxygen atoms in total. The summed E-state index contributed by atoms with van der Waals surface area (Å²) in [5, 5.41) is 9.69. The van der Waals surface area contributed by atoms with Crippen LogP contribution in [0.15, 0.2) is 52.2 Å². The second kappa shape index (κ2) is 7.21. The Morgan fingerprint density at radius 1 is 1.12 bits per heavy atom. The van der Waals surface area contributed by atoms with Crippen molar-refractivity contribution in [1.82, 2.24) is 14.8 Å². The van der Waals surface area contributed by atoms with Crippen molar-refractivity contribution >= 4 is 11.8 Å². The van der Waals surface area contributed by atoms with Gasteiger partial charge in [0.25, 0.3) is 0 Å². The van der Waals surface area contributed by atoms with E-state index in [1.54, 1.807) is 18.0 Å². The molecule has 0 unspecified atom stereocenters. The largest absolute Gasteiger partial charge is 0.467 e. The molecule has 0 saturated carbocycles. The zero-order valence-corrected chi connectivity index (χ0v) is 14.8. The number of benzene rings is 1. The van der Waals surface area contributed by atoms with Crippen LogP contribution in [-0.2, 0) is 6.54 Å². The Kier molecular flexibility index (Phi) is 5.04. The Labute approximate surface area is 145 Å². The number of hydrogen-bond donors (Lipinski definition) is 0. The van der Waals surface area contributed by atoms with Crippen LogP contribution in [0.2, 0.25) is 0 Å². The molecule has 0 aliphatic carbocycles. The van der Waals surface area contributed by atoms with Crippen LogP contribution in [0.5, 0.6) is 0 Å². The molecule has 1 atom stereocenters. The molecule has 0 aliphatic heterocycles. The molecule has 0 saturated heterocycles. The molecule has 1 aromatic carbocycles. The normalized spacial score (nSPS) is 12.7. The monoisotopic (exact) mass is 345 g/mol. The maximum Gasteiger partial charge on any atom is 0.192 e. The molecule has 0 bridgehead atoms. The van der Waals surface area contributed by atoms with Crippen molar-refractivity contribution in [3.8, 4) is 0 Å². The number of hydrogen-bond acceptors (Lipinski definition) is 4. The van der Waals surface area contributed by atoms with Crippen molar-refractivity contribution in [2.24, 2.45) is 0 Å². The minimum atomic E-state index is -0.223. The molecule has 2 aromatic heterocycles. The number of rotatable bonds is 6. The molecule has 0 radical (unpaired) electrons. The summed E-state index contributed by atoms with van der Waals surface area (Å²) in [6, 6.07) is 10.4. The summed E-state index contributed by atoms with van der Waals surface area (Å²) in [5.41, 5.74) is 1.06. The van der Waals surface area contributed by atoms with Gasteiger partial charge in [-0.2, -0.15) is 0 Å². The van der Waals surface area contributed by atoms with Gasteiger partial charge in [0.2, 0.25) is 0 Å². The fourth-order valence-electron chi connectivity index (χ4n) is 2.48. The summed E-state index contributed by atoms with van der Waals surface area (Å²) in [6.07, 6.45) is 1.67. The third-order valence-corrected chi connectivity index (χ3v) is 4.92. The number of thioether (sulfide) groups is 1. The average Bonchev–Trinajstić information content (AvgIpc) is 3.19. The summed E-state index contributed by atoms with van der Waals surface area (Å²) in [5.74, 6) is 1.84. The van der Waals surface area contributed by atoms with Gasteiger partial charge in [-0.3, -0.25) is 4.57 Å². The second-order valence-corrected chi connectivity index (χ2v) is 7.28. The molecule has 2 heterocycles. The van der Waals surface area contributed by atoms with Crippen molar-refractivity contribution in [3.05, 3.63) is 65.6 Å². The van der Waals surface area contributed by atoms with Crippen LogP contribution in [0.25, 0.3) is 0 Å². The van der Waals surface area contributed by atoms with Crippen LogP contribution in [0.3, 0.4) is 0 Å². The van der Waals surface area contributed by atoms with Gasteiger partial charge in [0.15, 0.2) is 5.16 Å². The SMILES string of the molecule is CC(C)c1nnc(S[C@@H](C)c2ccc(F)cc2)n1Cc1ccco1. The average molecular weight is 345 g/mol. The zero-order chi connectivity index (χ0) is 17.1. The van der Waals surface area contributed by atoms with Gasteiger partial charge in [0.05, 0.1) is 12.8 Å². The lowest BCUT2D eigenvalue weighted by molar-refractivity contribution is 0.475. The van der Waals surface area contributed by atoms with E-state index >= 15 is 0 Å². The zero-order valence-electron chi connectivity index (χ0n) is 13.9. The Morgan fingerprint density at radius 3 is 2.50 bits per heavy atom. The van der Waals surface area contributed by atoms with Gasteiger partial charge in [-0.15, -0.1) is 10.2 Å². The van der Waals surface area contributed by atoms with E-state index in [-0.39, 0.29) is 17.0 Å². The smallest absolute Gasteiger partial charge is 0.192 e. The lowest BCUT2D eigenvalue weighted by Crippen LogP contribution is -2.08. The molecule has 0 fully saturated rings. The van der Waals surface area contributed by atoms with Crippen molar-refractivity contribution in [3.63, 3.8) is 0 Å². The van der Waals surface area contributed by atoms with E-state index in [1.165, 1.54) is 12.1 Å². The van der Waals surface area contributed by atoms with Crippen molar-refractivity contribution in [2.45, 2.75) is 43.6 Å². The molecular weight excluding hydrogens is 325 g/mol. The van der Waals surface area contributed by atoms with E-state index in [2.05, 4.69) is 35.5 Å². The number of furan rings is 1. The minimum absolute atomic E-state index is 0.144. The quantitative estimate of drug-likeness (QED) is 0.587. The predicted molar refractivity (Wildman–Crippen MR) is 92.6 cm³/mol. The van der Waals surface area contributed by atoms with Crippen molar-refractivity contribution in [2.75, 3.05) is 0 Å². The third-order valence-electron chi connectivity index (χ3n) is 3.78. The van der Waals surface area contributed by atoms with Crippen LogP contribution in [-0.4, -0.2) is 14.8 Å². The highest BCUT2D eigenvalue weighted by Crippen LogP contribution is 2.35. The first-order valence-corrected chi connectivity index (χ1v) is 8.80. The van der Waals surface area contributed by atoms with E-state index in [0.29, 0.717) is 6.54 Å². The fraction of sp³-hybridized carbons (Fsp3) is 0.333. The van der Waals surface area contributed by atoms with Crippen LogP contribution >= 0.6 is 11.8 Å². The molecular formula is C18H20FN3OS. The van der Waals surface area contributed by atoms with Crippen LogP contribution in [0.4, 0.5) is 4.39 Å². The number of aromatic nitrogens is 3. The van der Waals surface area contributed by atoms with E-state index in [4.69, 9.17) is 4.42 Å². The highest BCUT2D eigenvalue weighted by Gasteiger charge is 2.19. The van der Waals surface area contributed by atoms with Crippen molar-refractivity contribution in [1.29, 1.82) is 0 Å². The second-order valence-electron chi connectivity index (χ2n) is 5.97. The molecule has 6 heteroatoms. The summed E-state index contributed by atoms with van der Waals surface area (Å²) >= 11 is 1.61. The summed E-state index contributed by atoms with van der Waals surface area (Å²) < 4.78 is 20.7. The molecule has 0 N–H and O–H groups in total. The molecule has 0 amide bonds. The highest BCUT2D eigenvalue weighted by molar-refractivity contribution is 7.99. The standard InChI is InChI=1S/C18H20FN3OS/c1-12(2)17-20-21-18(22(17)11-16-5-4-10-23-16)24-13(3)14-6-8-15(19)9-7-14/h4-10,12-13H,11H2,1-3H3/t13-/m0/s1. The Morgan fingerprint density at radius 2 is 1.88 bits per heavy atom. The number of nitrogens with zero attached hydrogens (tertiary/aromatic N) is 3. The summed E-state index contributed by atoms with van der Waals surface area (Å²) in [7, 11) is 0. The van der Waals surface area contributed by atoms with Crippen LogP contribution in [0, 0.1) is 5.82 Å². The van der Waals surface area contributed by atoms with Gasteiger partial charge in [-0.05, 0) is 36.8 Å². The molecule has 24 heavy (non-hydrogen) atoms. The van der Waals surface area contributed by atoms with Gasteiger partial charge >= 0.3 is 0 Å². The Bertz CT molecular complexity index is 781. The van der Waals surface area contributed by atoms with Gasteiger partial charge in [-0.25, -0.2) is 4.39 Å². The van der Waals surface area contributed by atoms with E-state index in [9.17, 15) is 4.39 Å². The minimum Gasteiger partial charge on any atom is -0.467 e. The van der Waals surface area contributed by atoms with Gasteiger partial charge in [-0.1, -0.05) is 37.7 Å². The lowest BCUT2D eigenvalue weighted by Gasteiger charge is -2.14. The Hall–Kier alpha value is -2.08. The molecule has 0 spiro atoms. The van der Waals surface area contributed by atoms with Crippen LogP contribution < -0.4 is 0 Å². The van der Waals surface area contributed by atoms with Crippen LogP contribution in [0.1, 0.15) is 49.1 Å². The predicted octanol–water partition coefficient (Wildman–Crippen LogP) is 5.04. The Balaban J connectivity index is 1.85. The first-order chi connectivity index (χ1) is 11.5. The van der Waals surface area contributed by atoms with Crippen molar-refractivity contribution < 1.29 is 8.81 Å². The first kappa shape index (κ1) is 16.8. The first-order valence-electron chi connectivity index (χ1n) is 7.92. The summed E-state index contributed by atoms with van der Waals surface area (Å²) in [4.78, 5) is 0. The molecule has 3 aromatic rings. The van der Waals surface area contributed by atoms with E-state index in [0.717, 1.165) is 22.3 Å². The van der Waals surface area contributed by atoms with Gasteiger partial charge in [0, 0.05) is 11.2 Å². The topological polar surface area (TPSA) is 43.9 Å². The maximum absolute atomic E-state index is 13.1. The van der Waals surface area contributed by atoms with E-state index in [1.807, 2.05) is 24.3 Å². The fourth-order valence-corrected chi connectivity index (χ4v) is 3.46. The third kappa shape index (κ3) is 3.70. The molecule has 3 rings (SSSR count). The molecule has 126 valence electrons. The lowest BCUT2D eigenvalue weighted by atomic mass is 10.2. The summed E-state index contributed by atoms with van der Waals surface area (Å²) in [6.45, 7) is 6.88. The molecule has 0 aliphatic rings.